The van der Waals surface area contributed by atoms with Gasteiger partial charge < -0.3 is 20.1 Å². The lowest BCUT2D eigenvalue weighted by Gasteiger charge is -2.27. The minimum atomic E-state index is -0.418. The summed E-state index contributed by atoms with van der Waals surface area (Å²) in [5.74, 6) is 0.964. The van der Waals surface area contributed by atoms with E-state index in [9.17, 15) is 4.79 Å². The molecule has 0 aliphatic carbocycles. The van der Waals surface area contributed by atoms with E-state index in [1.54, 1.807) is 19.4 Å². The first-order valence-electron chi connectivity index (χ1n) is 10.7. The second-order valence-electron chi connectivity index (χ2n) is 7.89. The SMILES string of the molecule is COC(C)C1COC(=O)N1c1ccnc(NCc2ccc(CN3CCNCC3)cc2)n1. The lowest BCUT2D eigenvalue weighted by molar-refractivity contribution is 0.0881. The molecule has 2 atom stereocenters. The third-order valence-corrected chi connectivity index (χ3v) is 5.80. The van der Waals surface area contributed by atoms with E-state index in [-0.39, 0.29) is 18.8 Å². The lowest BCUT2D eigenvalue weighted by atomic mass is 10.1. The summed E-state index contributed by atoms with van der Waals surface area (Å²) in [5.41, 5.74) is 2.46. The molecule has 2 saturated heterocycles. The number of carbonyl (C=O) groups excluding carboxylic acids is 1. The van der Waals surface area contributed by atoms with E-state index in [4.69, 9.17) is 9.47 Å². The molecule has 0 bridgehead atoms. The van der Waals surface area contributed by atoms with Gasteiger partial charge in [0.15, 0.2) is 0 Å². The number of carbonyl (C=O) groups is 1. The smallest absolute Gasteiger partial charge is 0.416 e. The zero-order valence-corrected chi connectivity index (χ0v) is 18.1. The van der Waals surface area contributed by atoms with Gasteiger partial charge in [-0.2, -0.15) is 4.98 Å². The van der Waals surface area contributed by atoms with Crippen molar-refractivity contribution >= 4 is 17.9 Å². The fourth-order valence-electron chi connectivity index (χ4n) is 3.84. The van der Waals surface area contributed by atoms with Crippen LogP contribution >= 0.6 is 0 Å². The summed E-state index contributed by atoms with van der Waals surface area (Å²) in [6.45, 7) is 8.06. The maximum atomic E-state index is 12.2. The Morgan fingerprint density at radius 3 is 2.71 bits per heavy atom. The molecule has 2 fully saturated rings. The van der Waals surface area contributed by atoms with E-state index in [1.807, 2.05) is 6.92 Å². The van der Waals surface area contributed by atoms with Crippen molar-refractivity contribution in [3.05, 3.63) is 47.7 Å². The molecular formula is C22H30N6O3. The van der Waals surface area contributed by atoms with Gasteiger partial charge in [0.2, 0.25) is 5.95 Å². The molecule has 2 aliphatic heterocycles. The Labute approximate surface area is 182 Å². The van der Waals surface area contributed by atoms with Crippen molar-refractivity contribution in [1.29, 1.82) is 0 Å². The summed E-state index contributed by atoms with van der Waals surface area (Å²) in [4.78, 5) is 25.0. The van der Waals surface area contributed by atoms with Crippen molar-refractivity contribution in [3.8, 4) is 0 Å². The minimum Gasteiger partial charge on any atom is -0.447 e. The molecule has 2 aromatic rings. The highest BCUT2D eigenvalue weighted by atomic mass is 16.6. The van der Waals surface area contributed by atoms with Crippen LogP contribution in [0, 0.1) is 0 Å². The predicted octanol–water partition coefficient (Wildman–Crippen LogP) is 1.85. The van der Waals surface area contributed by atoms with E-state index in [2.05, 4.69) is 49.8 Å². The van der Waals surface area contributed by atoms with Gasteiger partial charge >= 0.3 is 6.09 Å². The van der Waals surface area contributed by atoms with Gasteiger partial charge in [0.1, 0.15) is 18.5 Å². The van der Waals surface area contributed by atoms with Crippen LogP contribution in [0.5, 0.6) is 0 Å². The molecule has 1 amide bonds. The number of benzene rings is 1. The number of ether oxygens (including phenoxy) is 2. The summed E-state index contributed by atoms with van der Waals surface area (Å²) in [5, 5.41) is 6.63. The van der Waals surface area contributed by atoms with Crippen molar-refractivity contribution in [3.63, 3.8) is 0 Å². The van der Waals surface area contributed by atoms with Gasteiger partial charge in [0.05, 0.1) is 6.10 Å². The van der Waals surface area contributed by atoms with Crippen LogP contribution in [0.4, 0.5) is 16.6 Å². The largest absolute Gasteiger partial charge is 0.447 e. The number of cyclic esters (lactones) is 1. The topological polar surface area (TPSA) is 91.9 Å². The number of aromatic nitrogens is 2. The number of hydrogen-bond donors (Lipinski definition) is 2. The monoisotopic (exact) mass is 426 g/mol. The Kier molecular flexibility index (Phi) is 6.96. The number of nitrogens with zero attached hydrogens (tertiary/aromatic N) is 4. The minimum absolute atomic E-state index is 0.169. The van der Waals surface area contributed by atoms with E-state index < -0.39 is 6.09 Å². The van der Waals surface area contributed by atoms with Gasteiger partial charge in [0.25, 0.3) is 0 Å². The summed E-state index contributed by atoms with van der Waals surface area (Å²) in [7, 11) is 1.62. The predicted molar refractivity (Wildman–Crippen MR) is 118 cm³/mol. The van der Waals surface area contributed by atoms with Crippen LogP contribution < -0.4 is 15.5 Å². The van der Waals surface area contributed by atoms with Gasteiger partial charge in [-0.05, 0) is 24.1 Å². The van der Waals surface area contributed by atoms with E-state index in [0.717, 1.165) is 38.3 Å². The number of hydrogen-bond acceptors (Lipinski definition) is 8. The maximum absolute atomic E-state index is 12.2. The first-order chi connectivity index (χ1) is 15.1. The van der Waals surface area contributed by atoms with Gasteiger partial charge in [-0.25, -0.2) is 9.78 Å². The highest BCUT2D eigenvalue weighted by Crippen LogP contribution is 2.24. The highest BCUT2D eigenvalue weighted by molar-refractivity contribution is 5.89. The molecule has 2 unspecified atom stereocenters. The maximum Gasteiger partial charge on any atom is 0.416 e. The number of rotatable bonds is 8. The zero-order chi connectivity index (χ0) is 21.6. The zero-order valence-electron chi connectivity index (χ0n) is 18.1. The second-order valence-corrected chi connectivity index (χ2v) is 7.89. The molecule has 1 aromatic carbocycles. The third kappa shape index (κ3) is 5.30. The van der Waals surface area contributed by atoms with Crippen molar-refractivity contribution in [2.45, 2.75) is 32.2 Å². The fourth-order valence-corrected chi connectivity index (χ4v) is 3.84. The second kappa shape index (κ2) is 10.0. The molecule has 31 heavy (non-hydrogen) atoms. The number of amides is 1. The highest BCUT2D eigenvalue weighted by Gasteiger charge is 2.38. The Hall–Kier alpha value is -2.75. The number of nitrogens with one attached hydrogen (secondary N) is 2. The molecule has 0 spiro atoms. The van der Waals surface area contributed by atoms with Gasteiger partial charge in [-0.15, -0.1) is 0 Å². The van der Waals surface area contributed by atoms with Crippen LogP contribution in [0.15, 0.2) is 36.5 Å². The lowest BCUT2D eigenvalue weighted by Crippen LogP contribution is -2.42. The molecule has 3 heterocycles. The van der Waals surface area contributed by atoms with Crippen molar-refractivity contribution in [2.75, 3.05) is 50.1 Å². The van der Waals surface area contributed by atoms with E-state index in [1.165, 1.54) is 10.5 Å². The summed E-state index contributed by atoms with van der Waals surface area (Å²) in [6.07, 6.45) is 1.05. The Morgan fingerprint density at radius 1 is 1.23 bits per heavy atom. The first-order valence-corrected chi connectivity index (χ1v) is 10.7. The van der Waals surface area contributed by atoms with Gasteiger partial charge in [-0.3, -0.25) is 9.80 Å². The fraction of sp³-hybridized carbons (Fsp3) is 0.500. The number of methoxy groups -OCH3 is 1. The number of piperazine rings is 1. The standard InChI is InChI=1S/C22H30N6O3/c1-16(30-2)19-15-31-22(29)28(19)20-7-8-24-21(26-20)25-13-17-3-5-18(6-4-17)14-27-11-9-23-10-12-27/h3-8,16,19,23H,9-15H2,1-2H3,(H,24,25,26). The van der Waals surface area contributed by atoms with Crippen LogP contribution in [0.2, 0.25) is 0 Å². The van der Waals surface area contributed by atoms with E-state index in [0.29, 0.717) is 18.3 Å². The van der Waals surface area contributed by atoms with Crippen molar-refractivity contribution < 1.29 is 14.3 Å². The molecule has 1 aromatic heterocycles. The van der Waals surface area contributed by atoms with E-state index >= 15 is 0 Å². The molecule has 166 valence electrons. The average molecular weight is 427 g/mol. The first kappa shape index (κ1) is 21.5. The van der Waals surface area contributed by atoms with Crippen LogP contribution in [0.3, 0.4) is 0 Å². The Bertz CT molecular complexity index is 872. The summed E-state index contributed by atoms with van der Waals surface area (Å²) < 4.78 is 10.6. The summed E-state index contributed by atoms with van der Waals surface area (Å²) in [6, 6.07) is 10.1. The van der Waals surface area contributed by atoms with Crippen molar-refractivity contribution in [1.82, 2.24) is 20.2 Å². The van der Waals surface area contributed by atoms with Crippen LogP contribution in [-0.4, -0.2) is 73.0 Å². The van der Waals surface area contributed by atoms with Gasteiger partial charge in [0, 0.05) is 52.6 Å². The Morgan fingerprint density at radius 2 is 1.97 bits per heavy atom. The molecule has 9 nitrogen and oxygen atoms in total. The molecule has 9 heteroatoms. The average Bonchev–Trinajstić information content (AvgIpc) is 3.20. The summed E-state index contributed by atoms with van der Waals surface area (Å²) >= 11 is 0. The van der Waals surface area contributed by atoms with Crippen LogP contribution in [0.1, 0.15) is 18.1 Å². The molecule has 2 aliphatic rings. The van der Waals surface area contributed by atoms with Gasteiger partial charge in [-0.1, -0.05) is 24.3 Å². The quantitative estimate of drug-likeness (QED) is 0.661. The molecule has 0 saturated carbocycles. The molecule has 2 N–H and O–H groups in total. The molecular weight excluding hydrogens is 396 g/mol. The molecule has 4 rings (SSSR count). The Balaban J connectivity index is 1.36. The van der Waals surface area contributed by atoms with Crippen LogP contribution in [0.25, 0.3) is 0 Å². The van der Waals surface area contributed by atoms with Crippen molar-refractivity contribution in [2.24, 2.45) is 0 Å². The third-order valence-electron chi connectivity index (χ3n) is 5.80. The molecule has 0 radical (unpaired) electrons. The van der Waals surface area contributed by atoms with Crippen LogP contribution in [-0.2, 0) is 22.6 Å². The number of anilines is 2. The normalized spacial score (nSPS) is 20.5.